The van der Waals surface area contributed by atoms with Gasteiger partial charge >= 0.3 is 24.6 Å². The number of hydrogen-bond acceptors (Lipinski definition) is 10. The van der Waals surface area contributed by atoms with Gasteiger partial charge in [0, 0.05) is 9.21 Å². The molecular weight excluding hydrogens is 679 g/mol. The Morgan fingerprint density at radius 1 is 0.449 bits per heavy atom. The van der Waals surface area contributed by atoms with Crippen molar-refractivity contribution in [2.24, 2.45) is 4.52 Å². The molecule has 7 rings (SSSR count). The molecule has 1 heterocycles. The molecule has 0 saturated heterocycles. The predicted octanol–water partition coefficient (Wildman–Crippen LogP) is 11.0. The van der Waals surface area contributed by atoms with Gasteiger partial charge < -0.3 is 32.9 Å². The summed E-state index contributed by atoms with van der Waals surface area (Å²) < 4.78 is 35.5. The molecule has 0 spiro atoms. The smallest absolute Gasteiger partial charge is 0.447 e. The number of phenols is 1. The lowest BCUT2D eigenvalue weighted by Gasteiger charge is -2.43. The molecule has 0 saturated carbocycles. The van der Waals surface area contributed by atoms with Gasteiger partial charge in [-0.15, -0.1) is 4.52 Å². The summed E-state index contributed by atoms with van der Waals surface area (Å²) in [5.41, 5.74) is 0. The maximum absolute atomic E-state index is 10.1. The van der Waals surface area contributed by atoms with Crippen molar-refractivity contribution in [1.29, 1.82) is 0 Å². The van der Waals surface area contributed by atoms with Gasteiger partial charge in [0.25, 0.3) is 0 Å². The molecule has 13 heteroatoms. The summed E-state index contributed by atoms with van der Waals surface area (Å²) in [5.74, 6) is 3.02. The van der Waals surface area contributed by atoms with Crippen molar-refractivity contribution in [3.8, 4) is 40.2 Å². The number of rotatable bonds is 12. The van der Waals surface area contributed by atoms with E-state index in [1.165, 1.54) is 16.7 Å². The lowest BCUT2D eigenvalue weighted by Crippen LogP contribution is -2.37. The minimum atomic E-state index is -3.79. The van der Waals surface area contributed by atoms with E-state index in [-0.39, 0.29) is 5.75 Å². The molecule has 0 fully saturated rings. The zero-order chi connectivity index (χ0) is 33.3. The van der Waals surface area contributed by atoms with Crippen LogP contribution in [0.25, 0.3) is 0 Å². The summed E-state index contributed by atoms with van der Waals surface area (Å²) >= 11 is 0. The average molecular weight is 710 g/mol. The Balaban J connectivity index is 1.47. The van der Waals surface area contributed by atoms with Gasteiger partial charge in [-0.2, -0.15) is 0 Å². The van der Waals surface area contributed by atoms with Crippen molar-refractivity contribution in [2.45, 2.75) is 0 Å². The number of benzene rings is 6. The second-order valence-corrected chi connectivity index (χ2v) is 15.7. The Kier molecular flexibility index (Phi) is 10.2. The minimum Gasteiger partial charge on any atom is -0.508 e. The summed E-state index contributed by atoms with van der Waals surface area (Å²) in [6, 6.07) is 52.8. The molecule has 0 aliphatic carbocycles. The van der Waals surface area contributed by atoms with E-state index in [9.17, 15) is 5.11 Å². The minimum absolute atomic E-state index is 0.0782. The summed E-state index contributed by atoms with van der Waals surface area (Å²) in [6.07, 6.45) is 0. The van der Waals surface area contributed by atoms with E-state index < -0.39 is 24.6 Å². The van der Waals surface area contributed by atoms with E-state index in [0.29, 0.717) is 34.5 Å². The molecule has 6 aromatic rings. The van der Waals surface area contributed by atoms with Gasteiger partial charge in [0.05, 0.1) is 0 Å². The molecule has 1 aliphatic heterocycles. The van der Waals surface area contributed by atoms with Crippen LogP contribution in [0.3, 0.4) is 0 Å². The van der Waals surface area contributed by atoms with Crippen LogP contribution in [0.1, 0.15) is 0 Å². The van der Waals surface area contributed by atoms with E-state index in [2.05, 4.69) is 0 Å². The highest BCUT2D eigenvalue weighted by atomic mass is 31.3. The first-order chi connectivity index (χ1) is 24.1. The van der Waals surface area contributed by atoms with Crippen molar-refractivity contribution in [3.05, 3.63) is 176 Å². The molecular formula is C36H30N3O7P3. The zero-order valence-electron chi connectivity index (χ0n) is 25.8. The number of hydrogen-bond donors (Lipinski definition) is 1. The second-order valence-electron chi connectivity index (χ2n) is 10.2. The van der Waals surface area contributed by atoms with Crippen LogP contribution in [-0.4, -0.2) is 14.3 Å². The predicted molar refractivity (Wildman–Crippen MR) is 191 cm³/mol. The highest BCUT2D eigenvalue weighted by Gasteiger charge is 2.58. The Bertz CT molecular complexity index is 1920. The Morgan fingerprint density at radius 3 is 1.35 bits per heavy atom. The fourth-order valence-electron chi connectivity index (χ4n) is 4.36. The van der Waals surface area contributed by atoms with Crippen molar-refractivity contribution < 1.29 is 32.9 Å². The summed E-state index contributed by atoms with van der Waals surface area (Å²) in [7, 11) is -8.05. The van der Waals surface area contributed by atoms with Gasteiger partial charge in [-0.1, -0.05) is 91.0 Å². The first kappa shape index (κ1) is 32.5. The lowest BCUT2D eigenvalue weighted by molar-refractivity contribution is 0.0545. The monoisotopic (exact) mass is 709 g/mol. The van der Waals surface area contributed by atoms with Gasteiger partial charge in [0.2, 0.25) is 0 Å². The van der Waals surface area contributed by atoms with Crippen LogP contribution in [0.4, 0.5) is 0 Å². The van der Waals surface area contributed by atoms with E-state index in [1.54, 1.807) is 16.7 Å². The van der Waals surface area contributed by atoms with Gasteiger partial charge in [-0.05, 0) is 84.9 Å². The van der Waals surface area contributed by atoms with Gasteiger partial charge in [-0.3, -0.25) is 0 Å². The van der Waals surface area contributed by atoms with Crippen LogP contribution in [0, 0.1) is 0 Å². The molecule has 10 nitrogen and oxygen atoms in total. The van der Waals surface area contributed by atoms with Crippen LogP contribution in [-0.2, 0) is 0 Å². The fourth-order valence-corrected chi connectivity index (χ4v) is 11.9. The molecule has 0 aromatic heterocycles. The number of phenolic OH excluding ortho intramolecular Hbond substituents is 1. The molecule has 0 amide bonds. The third kappa shape index (κ3) is 8.15. The fraction of sp³-hybridized carbons (Fsp3) is 0. The third-order valence-electron chi connectivity index (χ3n) is 6.59. The van der Waals surface area contributed by atoms with E-state index in [1.807, 2.05) is 152 Å². The van der Waals surface area contributed by atoms with Gasteiger partial charge in [0.1, 0.15) is 40.2 Å². The first-order valence-electron chi connectivity index (χ1n) is 15.1. The topological polar surface area (TPSA) is 94.5 Å². The number of aromatic hydroxyl groups is 1. The van der Waals surface area contributed by atoms with Crippen molar-refractivity contribution in [1.82, 2.24) is 9.21 Å². The zero-order valence-corrected chi connectivity index (χ0v) is 28.5. The van der Waals surface area contributed by atoms with E-state index in [0.717, 1.165) is 0 Å². The highest BCUT2D eigenvalue weighted by molar-refractivity contribution is 7.78. The van der Waals surface area contributed by atoms with Crippen LogP contribution in [0.2, 0.25) is 0 Å². The maximum Gasteiger partial charge on any atom is 0.447 e. The van der Waals surface area contributed by atoms with Crippen LogP contribution < -0.4 is 27.8 Å². The van der Waals surface area contributed by atoms with Crippen LogP contribution in [0.15, 0.2) is 180 Å². The molecule has 0 bridgehead atoms. The molecule has 1 N–H and O–H groups in total. The summed E-state index contributed by atoms with van der Waals surface area (Å²) in [5, 5.41) is 10.1. The highest BCUT2D eigenvalue weighted by Crippen LogP contribution is 2.77. The van der Waals surface area contributed by atoms with Crippen molar-refractivity contribution in [3.63, 3.8) is 0 Å². The third-order valence-corrected chi connectivity index (χ3v) is 13.4. The van der Waals surface area contributed by atoms with Gasteiger partial charge in [0.15, 0.2) is 0 Å². The second kappa shape index (κ2) is 15.4. The van der Waals surface area contributed by atoms with E-state index in [4.69, 9.17) is 32.3 Å². The summed E-state index contributed by atoms with van der Waals surface area (Å²) in [4.78, 5) is 13.3. The van der Waals surface area contributed by atoms with E-state index >= 15 is 0 Å². The standard InChI is InChI=1S/C36H30N3O7P3/c40-30-26-28-32(29-27-30)42-39-48(44-34-20-10-3-11-21-34)38(41-31-16-6-1-7-17-31)47(43-33-18-8-2-9-19-33)37-49(39,45-35-22-12-4-13-23-35)46-36-24-14-5-15-25-36/h1-29,40H. The Hall–Kier alpha value is -5.07. The molecule has 2 unspecified atom stereocenters. The number of para-hydroxylation sites is 5. The largest absolute Gasteiger partial charge is 0.508 e. The quantitative estimate of drug-likeness (QED) is 0.125. The first-order valence-corrected chi connectivity index (χ1v) is 19.0. The molecule has 2 atom stereocenters. The number of nitrogens with zero attached hydrogens (tertiary/aromatic N) is 3. The lowest BCUT2D eigenvalue weighted by atomic mass is 10.3. The molecule has 0 radical (unpaired) electrons. The average Bonchev–Trinajstić information content (AvgIpc) is 3.14. The molecule has 49 heavy (non-hydrogen) atoms. The van der Waals surface area contributed by atoms with Gasteiger partial charge in [-0.25, -0.2) is 0 Å². The normalized spacial score (nSPS) is 17.2. The summed E-state index contributed by atoms with van der Waals surface area (Å²) in [6.45, 7) is 0. The van der Waals surface area contributed by atoms with Crippen LogP contribution >= 0.6 is 24.6 Å². The maximum atomic E-state index is 10.1. The Labute approximate surface area is 286 Å². The SMILES string of the molecule is Oc1ccc(ON2P(Oc3ccccc3)N(Oc3ccccc3)P(Oc3ccccc3)N=P2(Oc2ccccc2)Oc2ccccc2)cc1. The van der Waals surface area contributed by atoms with Crippen LogP contribution in [0.5, 0.6) is 40.2 Å². The molecule has 6 aromatic carbocycles. The Morgan fingerprint density at radius 2 is 0.857 bits per heavy atom. The van der Waals surface area contributed by atoms with Crippen molar-refractivity contribution in [2.75, 3.05) is 0 Å². The molecule has 1 aliphatic rings. The van der Waals surface area contributed by atoms with Crippen molar-refractivity contribution >= 4 is 24.6 Å². The molecule has 246 valence electrons.